The summed E-state index contributed by atoms with van der Waals surface area (Å²) in [5.41, 5.74) is 0. The summed E-state index contributed by atoms with van der Waals surface area (Å²) in [5.74, 6) is 3.66. The number of hydrogen-bond acceptors (Lipinski definition) is 1. The molecule has 16 heavy (non-hydrogen) atoms. The van der Waals surface area contributed by atoms with E-state index in [-0.39, 0.29) is 6.03 Å². The number of urea groups is 1. The largest absolute Gasteiger partial charge is 0.335 e. The number of nitrogens with one attached hydrogen (secondary N) is 1. The fourth-order valence-corrected chi connectivity index (χ4v) is 4.52. The third kappa shape index (κ3) is 1.44. The predicted molar refractivity (Wildman–Crippen MR) is 63.1 cm³/mol. The van der Waals surface area contributed by atoms with Gasteiger partial charge in [-0.1, -0.05) is 6.42 Å². The molecule has 0 unspecified atom stereocenters. The highest BCUT2D eigenvalue weighted by atomic mass is 16.2. The Morgan fingerprint density at radius 1 is 1.12 bits per heavy atom. The van der Waals surface area contributed by atoms with Crippen molar-refractivity contribution >= 4 is 6.03 Å². The standard InChI is InChI=1S/C13H22N2O/c1-15(2)13(16)14-12-7-8-6-11(12)10-5-3-4-9(8)10/h8-12H,3-7H2,1-2H3,(H,14,16)/t8-,9+,10-,11+,12-/m1/s1. The third-order valence-electron chi connectivity index (χ3n) is 5.14. The second-order valence-electron chi connectivity index (χ2n) is 6.10. The van der Waals surface area contributed by atoms with E-state index in [1.165, 1.54) is 32.1 Å². The summed E-state index contributed by atoms with van der Waals surface area (Å²) in [4.78, 5) is 13.3. The number of fused-ring (bicyclic) bond motifs is 5. The van der Waals surface area contributed by atoms with Crippen LogP contribution >= 0.6 is 0 Å². The highest BCUT2D eigenvalue weighted by Crippen LogP contribution is 2.58. The SMILES string of the molecule is CN(C)C(=O)N[C@@H]1C[C@H]2C[C@H]1[C@@H]1CCC[C@@H]21. The second kappa shape index (κ2) is 3.64. The van der Waals surface area contributed by atoms with Gasteiger partial charge in [0.15, 0.2) is 0 Å². The average Bonchev–Trinajstić information content (AvgIpc) is 2.87. The van der Waals surface area contributed by atoms with Crippen LogP contribution in [-0.2, 0) is 0 Å². The molecule has 3 nitrogen and oxygen atoms in total. The van der Waals surface area contributed by atoms with Crippen LogP contribution in [0.25, 0.3) is 0 Å². The molecule has 0 aromatic heterocycles. The molecule has 2 amide bonds. The Labute approximate surface area is 97.6 Å². The molecule has 3 saturated carbocycles. The second-order valence-corrected chi connectivity index (χ2v) is 6.10. The maximum absolute atomic E-state index is 11.7. The van der Waals surface area contributed by atoms with Crippen LogP contribution in [0.4, 0.5) is 4.79 Å². The molecule has 0 radical (unpaired) electrons. The van der Waals surface area contributed by atoms with Gasteiger partial charge in [0.05, 0.1) is 0 Å². The molecule has 0 heterocycles. The molecular formula is C13H22N2O. The molecule has 90 valence electrons. The molecule has 0 spiro atoms. The van der Waals surface area contributed by atoms with E-state index in [2.05, 4.69) is 5.32 Å². The Morgan fingerprint density at radius 3 is 2.62 bits per heavy atom. The molecular weight excluding hydrogens is 200 g/mol. The Balaban J connectivity index is 1.66. The summed E-state index contributed by atoms with van der Waals surface area (Å²) in [5, 5.41) is 3.21. The minimum Gasteiger partial charge on any atom is -0.335 e. The summed E-state index contributed by atoms with van der Waals surface area (Å²) in [6.07, 6.45) is 6.93. The maximum Gasteiger partial charge on any atom is 0.317 e. The number of carbonyl (C=O) groups excluding carboxylic acids is 1. The van der Waals surface area contributed by atoms with Gasteiger partial charge in [0.25, 0.3) is 0 Å². The summed E-state index contributed by atoms with van der Waals surface area (Å²) < 4.78 is 0. The molecule has 2 bridgehead atoms. The topological polar surface area (TPSA) is 32.3 Å². The van der Waals surface area contributed by atoms with Gasteiger partial charge in [0, 0.05) is 20.1 Å². The first-order chi connectivity index (χ1) is 7.66. The first-order valence-corrected chi connectivity index (χ1v) is 6.64. The van der Waals surface area contributed by atoms with Crippen molar-refractivity contribution in [2.75, 3.05) is 14.1 Å². The van der Waals surface area contributed by atoms with E-state index >= 15 is 0 Å². The highest BCUT2D eigenvalue weighted by Gasteiger charge is 2.54. The minimum absolute atomic E-state index is 0.0899. The van der Waals surface area contributed by atoms with Gasteiger partial charge < -0.3 is 10.2 Å². The molecule has 0 aromatic rings. The maximum atomic E-state index is 11.7. The first-order valence-electron chi connectivity index (χ1n) is 6.64. The van der Waals surface area contributed by atoms with E-state index in [1.54, 1.807) is 4.90 Å². The van der Waals surface area contributed by atoms with Crippen molar-refractivity contribution in [3.63, 3.8) is 0 Å². The monoisotopic (exact) mass is 222 g/mol. The summed E-state index contributed by atoms with van der Waals surface area (Å²) >= 11 is 0. The summed E-state index contributed by atoms with van der Waals surface area (Å²) in [6, 6.07) is 0.561. The molecule has 3 rings (SSSR count). The van der Waals surface area contributed by atoms with Crippen LogP contribution in [0.3, 0.4) is 0 Å². The van der Waals surface area contributed by atoms with Crippen LogP contribution in [-0.4, -0.2) is 31.1 Å². The number of carbonyl (C=O) groups is 1. The molecule has 3 aliphatic carbocycles. The van der Waals surface area contributed by atoms with Crippen molar-refractivity contribution in [1.29, 1.82) is 0 Å². The van der Waals surface area contributed by atoms with E-state index < -0.39 is 0 Å². The molecule has 0 aliphatic heterocycles. The lowest BCUT2D eigenvalue weighted by molar-refractivity contribution is 0.184. The predicted octanol–water partition coefficient (Wildman–Crippen LogP) is 2.08. The van der Waals surface area contributed by atoms with Crippen molar-refractivity contribution in [3.05, 3.63) is 0 Å². The minimum atomic E-state index is 0.0899. The highest BCUT2D eigenvalue weighted by molar-refractivity contribution is 5.73. The van der Waals surface area contributed by atoms with Crippen molar-refractivity contribution in [1.82, 2.24) is 10.2 Å². The number of rotatable bonds is 1. The zero-order valence-electron chi connectivity index (χ0n) is 10.3. The Bertz CT molecular complexity index is 302. The zero-order valence-corrected chi connectivity index (χ0v) is 10.3. The molecule has 0 aromatic carbocycles. The average molecular weight is 222 g/mol. The van der Waals surface area contributed by atoms with E-state index in [4.69, 9.17) is 0 Å². The summed E-state index contributed by atoms with van der Waals surface area (Å²) in [7, 11) is 3.64. The van der Waals surface area contributed by atoms with Crippen molar-refractivity contribution in [2.24, 2.45) is 23.7 Å². The lowest BCUT2D eigenvalue weighted by Crippen LogP contribution is -2.46. The van der Waals surface area contributed by atoms with Crippen molar-refractivity contribution in [3.8, 4) is 0 Å². The molecule has 1 N–H and O–H groups in total. The lowest BCUT2D eigenvalue weighted by atomic mass is 9.79. The Hall–Kier alpha value is -0.730. The van der Waals surface area contributed by atoms with Crippen LogP contribution in [0, 0.1) is 23.7 Å². The molecule has 3 heteroatoms. The van der Waals surface area contributed by atoms with Gasteiger partial charge in [-0.3, -0.25) is 0 Å². The van der Waals surface area contributed by atoms with Gasteiger partial charge in [0.2, 0.25) is 0 Å². The van der Waals surface area contributed by atoms with Crippen LogP contribution in [0.1, 0.15) is 32.1 Å². The first kappa shape index (κ1) is 10.4. The van der Waals surface area contributed by atoms with E-state index in [0.29, 0.717) is 6.04 Å². The van der Waals surface area contributed by atoms with Gasteiger partial charge >= 0.3 is 6.03 Å². The third-order valence-corrected chi connectivity index (χ3v) is 5.14. The Morgan fingerprint density at radius 2 is 1.88 bits per heavy atom. The molecule has 3 aliphatic rings. The fraction of sp³-hybridized carbons (Fsp3) is 0.923. The van der Waals surface area contributed by atoms with Crippen molar-refractivity contribution < 1.29 is 4.79 Å². The molecule has 0 saturated heterocycles. The van der Waals surface area contributed by atoms with Crippen molar-refractivity contribution in [2.45, 2.75) is 38.1 Å². The fourth-order valence-electron chi connectivity index (χ4n) is 4.52. The van der Waals surface area contributed by atoms with Gasteiger partial charge in [0.1, 0.15) is 0 Å². The summed E-state index contributed by atoms with van der Waals surface area (Å²) in [6.45, 7) is 0. The van der Waals surface area contributed by atoms with Gasteiger partial charge in [-0.25, -0.2) is 4.79 Å². The van der Waals surface area contributed by atoms with Gasteiger partial charge in [-0.15, -0.1) is 0 Å². The van der Waals surface area contributed by atoms with Gasteiger partial charge in [-0.2, -0.15) is 0 Å². The number of hydrogen-bond donors (Lipinski definition) is 1. The van der Waals surface area contributed by atoms with Crippen LogP contribution < -0.4 is 5.32 Å². The quantitative estimate of drug-likeness (QED) is 0.724. The lowest BCUT2D eigenvalue weighted by Gasteiger charge is -2.32. The van der Waals surface area contributed by atoms with Crippen LogP contribution in [0.2, 0.25) is 0 Å². The smallest absolute Gasteiger partial charge is 0.317 e. The van der Waals surface area contributed by atoms with E-state index in [0.717, 1.165) is 23.7 Å². The number of nitrogens with zero attached hydrogens (tertiary/aromatic N) is 1. The molecule has 3 fully saturated rings. The Kier molecular flexibility index (Phi) is 2.37. The van der Waals surface area contributed by atoms with Gasteiger partial charge in [-0.05, 0) is 49.4 Å². The van der Waals surface area contributed by atoms with Crippen LogP contribution in [0.15, 0.2) is 0 Å². The zero-order chi connectivity index (χ0) is 11.3. The molecule has 5 atom stereocenters. The van der Waals surface area contributed by atoms with E-state index in [9.17, 15) is 4.79 Å². The van der Waals surface area contributed by atoms with Crippen LogP contribution in [0.5, 0.6) is 0 Å². The normalized spacial score (nSPS) is 44.5. The van der Waals surface area contributed by atoms with E-state index in [1.807, 2.05) is 14.1 Å². The number of amides is 2.